The van der Waals surface area contributed by atoms with Gasteiger partial charge in [-0.05, 0) is 109 Å². The van der Waals surface area contributed by atoms with E-state index in [2.05, 4.69) is 244 Å². The highest BCUT2D eigenvalue weighted by Crippen LogP contribution is 2.61. The maximum atomic E-state index is 5.35. The fourth-order valence-electron chi connectivity index (χ4n) is 10.5. The summed E-state index contributed by atoms with van der Waals surface area (Å²) in [6.45, 7) is 4.80. The molecule has 1 aliphatic heterocycles. The van der Waals surface area contributed by atoms with Crippen LogP contribution < -0.4 is 0 Å². The van der Waals surface area contributed by atoms with Gasteiger partial charge < -0.3 is 0 Å². The molecule has 3 heteroatoms. The van der Waals surface area contributed by atoms with Crippen LogP contribution in [0.25, 0.3) is 67.3 Å². The first-order valence-electron chi connectivity index (χ1n) is 22.4. The SMILES string of the molecule is CC1(C)c2ccccc2C2(c3ccccc3Sc3ccccc32)c2ccc(-c3cccc(-c4cc(-c5cccc(-c6ccccc6)c5)nc(-c5cccc(-c6ccccc6)c5)n4)c3)cc21. The highest BCUT2D eigenvalue weighted by Gasteiger charge is 2.52. The van der Waals surface area contributed by atoms with Crippen molar-refractivity contribution in [1.82, 2.24) is 9.97 Å². The van der Waals surface area contributed by atoms with Gasteiger partial charge in [0.2, 0.25) is 0 Å². The lowest BCUT2D eigenvalue weighted by Crippen LogP contribution is -2.43. The maximum Gasteiger partial charge on any atom is 0.160 e. The highest BCUT2D eigenvalue weighted by atomic mass is 32.2. The fraction of sp³-hybridized carbons (Fsp3) is 0.0645. The van der Waals surface area contributed by atoms with E-state index in [1.54, 1.807) is 0 Å². The predicted octanol–water partition coefficient (Wildman–Crippen LogP) is 16.0. The molecule has 0 fully saturated rings. The fourth-order valence-corrected chi connectivity index (χ4v) is 11.7. The average molecular weight is 849 g/mol. The van der Waals surface area contributed by atoms with Gasteiger partial charge >= 0.3 is 0 Å². The second-order valence-electron chi connectivity index (χ2n) is 17.7. The van der Waals surface area contributed by atoms with E-state index in [-0.39, 0.29) is 5.41 Å². The third-order valence-corrected chi connectivity index (χ3v) is 14.8. The minimum Gasteiger partial charge on any atom is -0.228 e. The van der Waals surface area contributed by atoms with Crippen molar-refractivity contribution in [1.29, 1.82) is 0 Å². The second-order valence-corrected chi connectivity index (χ2v) is 18.8. The average Bonchev–Trinajstić information content (AvgIpc) is 3.38. The molecule has 0 saturated carbocycles. The van der Waals surface area contributed by atoms with E-state index in [1.165, 1.54) is 54.3 Å². The summed E-state index contributed by atoms with van der Waals surface area (Å²) in [4.78, 5) is 13.3. The van der Waals surface area contributed by atoms with E-state index in [9.17, 15) is 0 Å². The van der Waals surface area contributed by atoms with E-state index in [1.807, 2.05) is 11.8 Å². The van der Waals surface area contributed by atoms with Crippen LogP contribution in [0.3, 0.4) is 0 Å². The zero-order chi connectivity index (χ0) is 43.5. The van der Waals surface area contributed by atoms with Crippen LogP contribution in [-0.4, -0.2) is 9.97 Å². The Morgan fingerprint density at radius 2 is 0.692 bits per heavy atom. The summed E-state index contributed by atoms with van der Waals surface area (Å²) < 4.78 is 0. The third-order valence-electron chi connectivity index (χ3n) is 13.6. The highest BCUT2D eigenvalue weighted by molar-refractivity contribution is 7.99. The molecule has 0 saturated heterocycles. The Bertz CT molecular complexity index is 3300. The van der Waals surface area contributed by atoms with Crippen molar-refractivity contribution < 1.29 is 0 Å². The maximum absolute atomic E-state index is 5.35. The minimum absolute atomic E-state index is 0.252. The van der Waals surface area contributed by atoms with Crippen molar-refractivity contribution in [3.8, 4) is 67.3 Å². The van der Waals surface area contributed by atoms with Crippen LogP contribution in [0.2, 0.25) is 0 Å². The zero-order valence-corrected chi connectivity index (χ0v) is 37.1. The summed E-state index contributed by atoms with van der Waals surface area (Å²) in [7, 11) is 0. The van der Waals surface area contributed by atoms with E-state index >= 15 is 0 Å². The van der Waals surface area contributed by atoms with Gasteiger partial charge in [-0.15, -0.1) is 0 Å². The molecule has 2 aliphatic rings. The Labute approximate surface area is 385 Å². The lowest BCUT2D eigenvalue weighted by Gasteiger charge is -2.50. The van der Waals surface area contributed by atoms with Gasteiger partial charge in [0, 0.05) is 31.9 Å². The summed E-state index contributed by atoms with van der Waals surface area (Å²) in [6, 6.07) is 83.9. The molecule has 12 rings (SSSR count). The largest absolute Gasteiger partial charge is 0.228 e. The van der Waals surface area contributed by atoms with Gasteiger partial charge in [-0.3, -0.25) is 0 Å². The van der Waals surface area contributed by atoms with Crippen molar-refractivity contribution in [2.45, 2.75) is 34.5 Å². The van der Waals surface area contributed by atoms with Gasteiger partial charge in [-0.25, -0.2) is 9.97 Å². The van der Waals surface area contributed by atoms with Gasteiger partial charge in [-0.1, -0.05) is 214 Å². The second kappa shape index (κ2) is 15.6. The summed E-state index contributed by atoms with van der Waals surface area (Å²) in [5.74, 6) is 0.691. The first kappa shape index (κ1) is 39.0. The van der Waals surface area contributed by atoms with E-state index < -0.39 is 5.41 Å². The van der Waals surface area contributed by atoms with Crippen LogP contribution in [0.15, 0.2) is 240 Å². The molecule has 65 heavy (non-hydrogen) atoms. The smallest absolute Gasteiger partial charge is 0.160 e. The van der Waals surface area contributed by atoms with Crippen LogP contribution in [0.5, 0.6) is 0 Å². The number of rotatable bonds is 6. The van der Waals surface area contributed by atoms with Crippen LogP contribution in [0.4, 0.5) is 0 Å². The summed E-state index contributed by atoms with van der Waals surface area (Å²) in [6.07, 6.45) is 0. The molecule has 10 aromatic rings. The van der Waals surface area contributed by atoms with Crippen LogP contribution >= 0.6 is 11.8 Å². The summed E-state index contributed by atoms with van der Waals surface area (Å²) in [5.41, 5.74) is 19.2. The van der Waals surface area contributed by atoms with Crippen molar-refractivity contribution in [2.24, 2.45) is 0 Å². The molecule has 0 N–H and O–H groups in total. The van der Waals surface area contributed by atoms with Gasteiger partial charge in [0.1, 0.15) is 0 Å². The molecule has 0 amide bonds. The minimum atomic E-state index is -0.455. The number of benzene rings is 9. The normalized spacial score (nSPS) is 13.9. The molecule has 2 heterocycles. The van der Waals surface area contributed by atoms with Crippen molar-refractivity contribution in [3.63, 3.8) is 0 Å². The molecular weight excluding hydrogens is 805 g/mol. The zero-order valence-electron chi connectivity index (χ0n) is 36.2. The van der Waals surface area contributed by atoms with Crippen molar-refractivity contribution in [3.05, 3.63) is 264 Å². The summed E-state index contributed by atoms with van der Waals surface area (Å²) >= 11 is 1.89. The van der Waals surface area contributed by atoms with Crippen LogP contribution in [-0.2, 0) is 10.8 Å². The molecule has 0 radical (unpaired) electrons. The summed E-state index contributed by atoms with van der Waals surface area (Å²) in [5, 5.41) is 0. The monoisotopic (exact) mass is 848 g/mol. The van der Waals surface area contributed by atoms with E-state index in [0.29, 0.717) is 5.82 Å². The van der Waals surface area contributed by atoms with Crippen molar-refractivity contribution >= 4 is 11.8 Å². The standard InChI is InChI=1S/C62H44N2S/c1-61(2)50-28-9-10-29-51(50)62(53-30-11-13-32-58(53)65-59-33-14-12-31-54(59)62)52-35-34-46(39-55(52)61)45-24-16-26-48(37-45)57-40-56(47-25-15-22-43(36-47)41-18-5-3-6-19-41)63-60(64-57)49-27-17-23-44(38-49)42-20-7-4-8-21-42/h3-40H,1-2H3. The van der Waals surface area contributed by atoms with Crippen LogP contribution in [0, 0.1) is 0 Å². The number of aromatic nitrogens is 2. The lowest BCUT2D eigenvalue weighted by molar-refractivity contribution is 0.549. The molecule has 0 bridgehead atoms. The Morgan fingerprint density at radius 1 is 0.292 bits per heavy atom. The Kier molecular flexibility index (Phi) is 9.36. The molecule has 308 valence electrons. The first-order chi connectivity index (χ1) is 31.9. The van der Waals surface area contributed by atoms with Gasteiger partial charge in [0.25, 0.3) is 0 Å². The molecule has 1 aliphatic carbocycles. The first-order valence-corrected chi connectivity index (χ1v) is 23.2. The Morgan fingerprint density at radius 3 is 1.26 bits per heavy atom. The number of hydrogen-bond acceptors (Lipinski definition) is 3. The lowest BCUT2D eigenvalue weighted by atomic mass is 9.54. The van der Waals surface area contributed by atoms with Crippen LogP contribution in [0.1, 0.15) is 47.2 Å². The van der Waals surface area contributed by atoms with Gasteiger partial charge in [-0.2, -0.15) is 0 Å². The molecule has 1 spiro atoms. The quantitative estimate of drug-likeness (QED) is 0.167. The predicted molar refractivity (Wildman–Crippen MR) is 269 cm³/mol. The molecule has 0 atom stereocenters. The molecule has 1 aromatic heterocycles. The number of fused-ring (bicyclic) bond motifs is 8. The topological polar surface area (TPSA) is 25.8 Å². The molecule has 2 nitrogen and oxygen atoms in total. The molecule has 0 unspecified atom stereocenters. The van der Waals surface area contributed by atoms with Gasteiger partial charge in [0.15, 0.2) is 5.82 Å². The molecular formula is C62H44N2S. The van der Waals surface area contributed by atoms with Crippen molar-refractivity contribution in [2.75, 3.05) is 0 Å². The van der Waals surface area contributed by atoms with Gasteiger partial charge in [0.05, 0.1) is 16.8 Å². The molecule has 9 aromatic carbocycles. The Balaban J connectivity index is 1.02. The van der Waals surface area contributed by atoms with E-state index in [4.69, 9.17) is 9.97 Å². The van der Waals surface area contributed by atoms with E-state index in [0.717, 1.165) is 50.3 Å². The third kappa shape index (κ3) is 6.49. The number of nitrogens with zero attached hydrogens (tertiary/aromatic N) is 2. The Hall–Kier alpha value is -7.59. The number of hydrogen-bond donors (Lipinski definition) is 0.